The molecule has 0 amide bonds. The molecule has 0 nitrogen and oxygen atoms in total. The topological polar surface area (TPSA) is 0 Å². The monoisotopic (exact) mass is 712 g/mol. The van der Waals surface area contributed by atoms with Crippen LogP contribution in [0.25, 0.3) is 43.8 Å². The maximum Gasteiger partial charge on any atom is -0.0247 e. The van der Waals surface area contributed by atoms with E-state index in [0.717, 1.165) is 0 Å². The standard InChI is InChI=1S/C21H23.C17H15.C2H6Si.2ClH.Zr/c1-13(2)18-11-17-7-6-8-20(21(17)12-18)19-10-9-14(3)15(4)16(19)5;1-12-10-16-13(2)8-9-15(17(16)11-12)14-6-4-3-5-7-14;1-3-2;;;/h6-13H,1-5H3;3-11H,1-2H3;1-2H3;2*1H;/q2*-1;;;;+2/p-2. The smallest absolute Gasteiger partial charge is 0.0247 e. The minimum absolute atomic E-state index is 0. The first-order valence-electron chi connectivity index (χ1n) is 15.0. The average molecular weight is 715 g/mol. The normalized spacial score (nSPS) is 10.4. The predicted molar refractivity (Wildman–Crippen MR) is 185 cm³/mol. The minimum Gasteiger partial charge on any atom is -1.00 e. The second-order valence-electron chi connectivity index (χ2n) is 12.1. The molecule has 0 heterocycles. The van der Waals surface area contributed by atoms with Crippen LogP contribution in [0.3, 0.4) is 0 Å². The Balaban J connectivity index is 0.000000267. The van der Waals surface area contributed by atoms with Gasteiger partial charge in [-0.15, -0.1) is 68.6 Å². The molecule has 0 saturated carbocycles. The summed E-state index contributed by atoms with van der Waals surface area (Å²) in [6.07, 6.45) is 0. The molecule has 6 aromatic rings. The summed E-state index contributed by atoms with van der Waals surface area (Å²) < 4.78 is 0. The summed E-state index contributed by atoms with van der Waals surface area (Å²) in [4.78, 5) is 0. The Morgan fingerprint density at radius 2 is 1.23 bits per heavy atom. The van der Waals surface area contributed by atoms with Crippen LogP contribution in [0.2, 0.25) is 13.1 Å². The van der Waals surface area contributed by atoms with Gasteiger partial charge in [0.05, 0.1) is 0 Å². The average Bonchev–Trinajstić information content (AvgIpc) is 3.57. The van der Waals surface area contributed by atoms with E-state index in [1.54, 1.807) is 23.3 Å². The largest absolute Gasteiger partial charge is 1.00 e. The number of hydrogen-bond donors (Lipinski definition) is 0. The molecule has 6 aromatic carbocycles. The predicted octanol–water partition coefficient (Wildman–Crippen LogP) is 5.91. The zero-order valence-corrected chi connectivity index (χ0v) is 32.5. The molecule has 4 heteroatoms. The third-order valence-electron chi connectivity index (χ3n) is 8.12. The van der Waals surface area contributed by atoms with E-state index in [-0.39, 0.29) is 30.2 Å². The van der Waals surface area contributed by atoms with Gasteiger partial charge in [-0.25, -0.2) is 0 Å². The molecule has 0 aliphatic carbocycles. The van der Waals surface area contributed by atoms with Gasteiger partial charge in [0.15, 0.2) is 0 Å². The van der Waals surface area contributed by atoms with E-state index < -0.39 is 0 Å². The van der Waals surface area contributed by atoms with Crippen molar-refractivity contribution in [2.45, 2.75) is 67.5 Å². The molecule has 0 radical (unpaired) electrons. The van der Waals surface area contributed by atoms with Crippen LogP contribution < -0.4 is 24.8 Å². The van der Waals surface area contributed by atoms with Crippen LogP contribution in [0.5, 0.6) is 0 Å². The van der Waals surface area contributed by atoms with Gasteiger partial charge in [-0.3, -0.25) is 0 Å². The molecular formula is C40H44Cl2SiZr-2. The Morgan fingerprint density at radius 3 is 1.86 bits per heavy atom. The molecule has 0 atom stereocenters. The van der Waals surface area contributed by atoms with Crippen LogP contribution >= 0.6 is 0 Å². The summed E-state index contributed by atoms with van der Waals surface area (Å²) in [7, 11) is 0. The van der Waals surface area contributed by atoms with Gasteiger partial charge >= 0.3 is 41.9 Å². The Hall–Kier alpha value is -2.22. The first-order chi connectivity index (χ1) is 20.0. The molecule has 0 aromatic heterocycles. The first-order valence-corrected chi connectivity index (χ1v) is 21.2. The Labute approximate surface area is 293 Å². The van der Waals surface area contributed by atoms with E-state index in [0.29, 0.717) is 5.92 Å². The molecule has 6 rings (SSSR count). The molecule has 0 saturated heterocycles. The minimum atomic E-state index is 0. The van der Waals surface area contributed by atoms with Crippen molar-refractivity contribution >= 4 is 27.0 Å². The van der Waals surface area contributed by atoms with Crippen LogP contribution in [0.4, 0.5) is 0 Å². The summed E-state index contributed by atoms with van der Waals surface area (Å²) in [5.41, 5.74) is 13.9. The van der Waals surface area contributed by atoms with Crippen LogP contribution in [0.15, 0.2) is 97.1 Å². The van der Waals surface area contributed by atoms with Gasteiger partial charge in [0.2, 0.25) is 0 Å². The molecule has 0 N–H and O–H groups in total. The van der Waals surface area contributed by atoms with Gasteiger partial charge < -0.3 is 24.8 Å². The van der Waals surface area contributed by atoms with Gasteiger partial charge in [-0.05, 0) is 54.5 Å². The summed E-state index contributed by atoms with van der Waals surface area (Å²) in [5, 5.41) is 5.49. The van der Waals surface area contributed by atoms with Crippen molar-refractivity contribution in [3.63, 3.8) is 0 Å². The van der Waals surface area contributed by atoms with Crippen molar-refractivity contribution < 1.29 is 48.1 Å². The van der Waals surface area contributed by atoms with Crippen molar-refractivity contribution in [2.24, 2.45) is 0 Å². The molecule has 0 aliphatic heterocycles. The quantitative estimate of drug-likeness (QED) is 0.158. The van der Waals surface area contributed by atoms with Gasteiger partial charge in [0.1, 0.15) is 0 Å². The van der Waals surface area contributed by atoms with Crippen molar-refractivity contribution in [3.05, 3.63) is 130 Å². The van der Waals surface area contributed by atoms with Crippen LogP contribution in [-0.2, 0) is 23.3 Å². The van der Waals surface area contributed by atoms with Gasteiger partial charge in [0, 0.05) is 0 Å². The summed E-state index contributed by atoms with van der Waals surface area (Å²) in [5.74, 6) is 0.575. The maximum absolute atomic E-state index is 2.37. The Morgan fingerprint density at radius 1 is 0.614 bits per heavy atom. The molecule has 44 heavy (non-hydrogen) atoms. The van der Waals surface area contributed by atoms with Crippen molar-refractivity contribution in [1.29, 1.82) is 0 Å². The van der Waals surface area contributed by atoms with Crippen LogP contribution in [0.1, 0.15) is 53.1 Å². The van der Waals surface area contributed by atoms with Crippen molar-refractivity contribution in [2.75, 3.05) is 0 Å². The number of aryl methyl sites for hydroxylation is 3. The fraction of sp³-hybridized carbons (Fsp3) is 0.250. The summed E-state index contributed by atoms with van der Waals surface area (Å²) >= 11 is 1.74. The van der Waals surface area contributed by atoms with Gasteiger partial charge in [0.25, 0.3) is 0 Å². The Bertz CT molecular complexity index is 1840. The number of halogens is 2. The van der Waals surface area contributed by atoms with Gasteiger partial charge in [-0.1, -0.05) is 93.4 Å². The summed E-state index contributed by atoms with van der Waals surface area (Å²) in [6, 6.07) is 35.5. The molecule has 0 unspecified atom stereocenters. The number of hydrogen-bond acceptors (Lipinski definition) is 0. The number of benzene rings is 4. The van der Waals surface area contributed by atoms with Crippen LogP contribution in [-0.4, -0.2) is 5.43 Å². The van der Waals surface area contributed by atoms with E-state index in [1.807, 2.05) is 0 Å². The third kappa shape index (κ3) is 8.95. The fourth-order valence-corrected chi connectivity index (χ4v) is 5.53. The van der Waals surface area contributed by atoms with E-state index >= 15 is 0 Å². The SMILES string of the molecule is C[Si](C)=[Zr+2].Cc1cc2c(-c3ccccc3)ccc(C)c2[cH-]1.Cc1ccc(-c2cccc3[cH-]c(C(C)C)cc23)c(C)c1C.[Cl-].[Cl-]. The second-order valence-corrected chi connectivity index (χ2v) is 21.5. The fourth-order valence-electron chi connectivity index (χ4n) is 5.53. The molecule has 0 aliphatic rings. The van der Waals surface area contributed by atoms with E-state index in [1.165, 1.54) is 77.2 Å². The third-order valence-corrected chi connectivity index (χ3v) is 8.12. The van der Waals surface area contributed by atoms with E-state index in [2.05, 4.69) is 159 Å². The molecule has 0 fully saturated rings. The molecule has 228 valence electrons. The molecule has 0 bridgehead atoms. The van der Waals surface area contributed by atoms with E-state index in [9.17, 15) is 0 Å². The zero-order chi connectivity index (χ0) is 30.6. The van der Waals surface area contributed by atoms with E-state index in [4.69, 9.17) is 0 Å². The zero-order valence-electron chi connectivity index (χ0n) is 27.6. The van der Waals surface area contributed by atoms with Gasteiger partial charge in [-0.2, -0.15) is 12.1 Å². The maximum atomic E-state index is 2.37. The molecular weight excluding hydrogens is 671 g/mol. The molecule has 0 spiro atoms. The van der Waals surface area contributed by atoms with Crippen molar-refractivity contribution in [3.8, 4) is 22.3 Å². The first kappa shape index (κ1) is 38.0. The summed E-state index contributed by atoms with van der Waals surface area (Å²) in [6.45, 7) is 20.1. The second kappa shape index (κ2) is 16.9. The Kier molecular flexibility index (Phi) is 14.6. The number of rotatable bonds is 3. The van der Waals surface area contributed by atoms with Crippen molar-refractivity contribution in [1.82, 2.24) is 0 Å². The van der Waals surface area contributed by atoms with Crippen LogP contribution in [0, 0.1) is 34.6 Å². The number of fused-ring (bicyclic) bond motifs is 2.